The molecule has 7 heteroatoms. The zero-order valence-electron chi connectivity index (χ0n) is 16.8. The first-order valence-electron chi connectivity index (χ1n) is 9.60. The predicted molar refractivity (Wildman–Crippen MR) is 110 cm³/mol. The molecule has 1 N–H and O–H groups in total. The van der Waals surface area contributed by atoms with Gasteiger partial charge in [-0.05, 0) is 49.2 Å². The summed E-state index contributed by atoms with van der Waals surface area (Å²) < 4.78 is 15.9. The molecule has 29 heavy (non-hydrogen) atoms. The smallest absolute Gasteiger partial charge is 0.344 e. The number of anilines is 2. The van der Waals surface area contributed by atoms with Crippen LogP contribution in [-0.4, -0.2) is 51.4 Å². The minimum atomic E-state index is -0.592. The highest BCUT2D eigenvalue weighted by molar-refractivity contribution is 5.93. The number of amides is 1. The Bertz CT molecular complexity index is 825. The highest BCUT2D eigenvalue weighted by Gasteiger charge is 2.13. The van der Waals surface area contributed by atoms with Crippen molar-refractivity contribution in [1.29, 1.82) is 0 Å². The zero-order valence-corrected chi connectivity index (χ0v) is 16.8. The molecule has 7 nitrogen and oxygen atoms in total. The van der Waals surface area contributed by atoms with Gasteiger partial charge in [0.15, 0.2) is 13.2 Å². The Morgan fingerprint density at radius 1 is 1.00 bits per heavy atom. The molecule has 1 aliphatic rings. The number of morpholine rings is 1. The number of ether oxygens (including phenoxy) is 3. The molecule has 0 bridgehead atoms. The van der Waals surface area contributed by atoms with Gasteiger partial charge in [0, 0.05) is 24.5 Å². The van der Waals surface area contributed by atoms with Crippen molar-refractivity contribution in [2.24, 2.45) is 0 Å². The molecule has 0 spiro atoms. The fourth-order valence-corrected chi connectivity index (χ4v) is 3.12. The van der Waals surface area contributed by atoms with Crippen LogP contribution in [0.4, 0.5) is 11.4 Å². The van der Waals surface area contributed by atoms with Gasteiger partial charge in [-0.1, -0.05) is 18.2 Å². The summed E-state index contributed by atoms with van der Waals surface area (Å²) in [6.07, 6.45) is 0. The molecule has 0 atom stereocenters. The lowest BCUT2D eigenvalue weighted by atomic mass is 10.1. The standard InChI is InChI=1S/C22H26N2O5/c1-16-4-3-5-17(2)22(16)29-15-21(26)28-14-20(25)23-18-6-8-19(9-7-18)24-10-12-27-13-11-24/h3-9H,10-15H2,1-2H3,(H,23,25). The van der Waals surface area contributed by atoms with Crippen LogP contribution in [0, 0.1) is 13.8 Å². The van der Waals surface area contributed by atoms with Gasteiger partial charge >= 0.3 is 5.97 Å². The number of nitrogens with zero attached hydrogens (tertiary/aromatic N) is 1. The van der Waals surface area contributed by atoms with Crippen LogP contribution in [0.25, 0.3) is 0 Å². The van der Waals surface area contributed by atoms with E-state index >= 15 is 0 Å². The number of para-hydroxylation sites is 1. The Hall–Kier alpha value is -3.06. The Morgan fingerprint density at radius 3 is 2.31 bits per heavy atom. The van der Waals surface area contributed by atoms with Crippen LogP contribution in [0.1, 0.15) is 11.1 Å². The molecule has 2 aromatic rings. The van der Waals surface area contributed by atoms with Gasteiger partial charge in [-0.2, -0.15) is 0 Å². The average Bonchev–Trinajstić information content (AvgIpc) is 2.73. The van der Waals surface area contributed by atoms with E-state index in [-0.39, 0.29) is 13.2 Å². The highest BCUT2D eigenvalue weighted by atomic mass is 16.6. The number of carbonyl (C=O) groups is 2. The average molecular weight is 398 g/mol. The molecule has 1 fully saturated rings. The normalized spacial score (nSPS) is 13.7. The van der Waals surface area contributed by atoms with Crippen LogP contribution in [0.5, 0.6) is 5.75 Å². The van der Waals surface area contributed by atoms with Crippen molar-refractivity contribution in [3.8, 4) is 5.75 Å². The van der Waals surface area contributed by atoms with E-state index < -0.39 is 11.9 Å². The molecule has 1 amide bonds. The fourth-order valence-electron chi connectivity index (χ4n) is 3.12. The van der Waals surface area contributed by atoms with Crippen LogP contribution < -0.4 is 15.0 Å². The number of nitrogens with one attached hydrogen (secondary N) is 1. The van der Waals surface area contributed by atoms with Gasteiger partial charge in [0.2, 0.25) is 0 Å². The van der Waals surface area contributed by atoms with Crippen molar-refractivity contribution in [1.82, 2.24) is 0 Å². The molecule has 3 rings (SSSR count). The second-order valence-electron chi connectivity index (χ2n) is 6.86. The summed E-state index contributed by atoms with van der Waals surface area (Å²) in [7, 11) is 0. The first-order chi connectivity index (χ1) is 14.0. The third kappa shape index (κ3) is 5.96. The third-order valence-corrected chi connectivity index (χ3v) is 4.63. The minimum Gasteiger partial charge on any atom is -0.481 e. The molecule has 2 aromatic carbocycles. The van der Waals surface area contributed by atoms with Crippen molar-refractivity contribution >= 4 is 23.3 Å². The fraction of sp³-hybridized carbons (Fsp3) is 0.364. The maximum atomic E-state index is 12.0. The van der Waals surface area contributed by atoms with Crippen molar-refractivity contribution in [2.75, 3.05) is 49.7 Å². The van der Waals surface area contributed by atoms with Crippen molar-refractivity contribution < 1.29 is 23.8 Å². The molecule has 154 valence electrons. The molecule has 0 aromatic heterocycles. The summed E-state index contributed by atoms with van der Waals surface area (Å²) in [5.74, 6) is -0.329. The topological polar surface area (TPSA) is 77.1 Å². The quantitative estimate of drug-likeness (QED) is 0.723. The number of hydrogen-bond donors (Lipinski definition) is 1. The Morgan fingerprint density at radius 2 is 1.66 bits per heavy atom. The number of carbonyl (C=O) groups excluding carboxylic acids is 2. The van der Waals surface area contributed by atoms with E-state index in [1.165, 1.54) is 0 Å². The van der Waals surface area contributed by atoms with E-state index in [2.05, 4.69) is 10.2 Å². The molecule has 1 aliphatic heterocycles. The summed E-state index contributed by atoms with van der Waals surface area (Å²) in [5, 5.41) is 2.72. The van der Waals surface area contributed by atoms with Gasteiger partial charge in [0.1, 0.15) is 5.75 Å². The maximum Gasteiger partial charge on any atom is 0.344 e. The number of esters is 1. The predicted octanol–water partition coefficient (Wildman–Crippen LogP) is 2.70. The van der Waals surface area contributed by atoms with E-state index in [0.29, 0.717) is 11.4 Å². The van der Waals surface area contributed by atoms with E-state index in [1.807, 2.05) is 56.3 Å². The second kappa shape index (κ2) is 9.93. The molecule has 0 unspecified atom stereocenters. The number of benzene rings is 2. The van der Waals surface area contributed by atoms with Gasteiger partial charge in [-0.3, -0.25) is 4.79 Å². The number of aryl methyl sites for hydroxylation is 2. The summed E-state index contributed by atoms with van der Waals surface area (Å²) in [5.41, 5.74) is 3.61. The van der Waals surface area contributed by atoms with E-state index in [1.54, 1.807) is 0 Å². The highest BCUT2D eigenvalue weighted by Crippen LogP contribution is 2.22. The largest absolute Gasteiger partial charge is 0.481 e. The molecule has 0 radical (unpaired) electrons. The molecule has 0 saturated carbocycles. The lowest BCUT2D eigenvalue weighted by Crippen LogP contribution is -2.36. The van der Waals surface area contributed by atoms with Crippen molar-refractivity contribution in [3.63, 3.8) is 0 Å². The Labute approximate surface area is 170 Å². The summed E-state index contributed by atoms with van der Waals surface area (Å²) >= 11 is 0. The SMILES string of the molecule is Cc1cccc(C)c1OCC(=O)OCC(=O)Nc1ccc(N2CCOCC2)cc1. The van der Waals surface area contributed by atoms with Crippen LogP contribution >= 0.6 is 0 Å². The molecular weight excluding hydrogens is 372 g/mol. The van der Waals surface area contributed by atoms with Crippen LogP contribution in [0.15, 0.2) is 42.5 Å². The van der Waals surface area contributed by atoms with Gasteiger partial charge < -0.3 is 24.4 Å². The van der Waals surface area contributed by atoms with Crippen LogP contribution in [-0.2, 0) is 19.1 Å². The molecule has 0 aliphatic carbocycles. The summed E-state index contributed by atoms with van der Waals surface area (Å²) in [6.45, 7) is 6.36. The van der Waals surface area contributed by atoms with Gasteiger partial charge in [-0.15, -0.1) is 0 Å². The summed E-state index contributed by atoms with van der Waals surface area (Å²) in [6, 6.07) is 13.3. The van der Waals surface area contributed by atoms with E-state index in [9.17, 15) is 9.59 Å². The third-order valence-electron chi connectivity index (χ3n) is 4.63. The monoisotopic (exact) mass is 398 g/mol. The number of hydrogen-bond acceptors (Lipinski definition) is 6. The zero-order chi connectivity index (χ0) is 20.6. The van der Waals surface area contributed by atoms with Gasteiger partial charge in [0.05, 0.1) is 13.2 Å². The van der Waals surface area contributed by atoms with Gasteiger partial charge in [-0.25, -0.2) is 4.79 Å². The van der Waals surface area contributed by atoms with E-state index in [0.717, 1.165) is 43.1 Å². The minimum absolute atomic E-state index is 0.243. The van der Waals surface area contributed by atoms with Gasteiger partial charge in [0.25, 0.3) is 5.91 Å². The molecule has 1 heterocycles. The van der Waals surface area contributed by atoms with Crippen LogP contribution in [0.2, 0.25) is 0 Å². The second-order valence-corrected chi connectivity index (χ2v) is 6.86. The Balaban J connectivity index is 1.41. The van der Waals surface area contributed by atoms with Crippen molar-refractivity contribution in [2.45, 2.75) is 13.8 Å². The number of rotatable bonds is 7. The maximum absolute atomic E-state index is 12.0. The summed E-state index contributed by atoms with van der Waals surface area (Å²) in [4.78, 5) is 26.1. The van der Waals surface area contributed by atoms with Crippen molar-refractivity contribution in [3.05, 3.63) is 53.6 Å². The molecular formula is C22H26N2O5. The molecule has 1 saturated heterocycles. The van der Waals surface area contributed by atoms with Crippen LogP contribution in [0.3, 0.4) is 0 Å². The first kappa shape index (κ1) is 20.7. The first-order valence-corrected chi connectivity index (χ1v) is 9.60. The van der Waals surface area contributed by atoms with E-state index in [4.69, 9.17) is 14.2 Å². The lowest BCUT2D eigenvalue weighted by molar-refractivity contribution is -0.149. The Kier molecular flexibility index (Phi) is 7.08. The lowest BCUT2D eigenvalue weighted by Gasteiger charge is -2.28.